The fourth-order valence-corrected chi connectivity index (χ4v) is 5.59. The second-order valence-electron chi connectivity index (χ2n) is 9.65. The van der Waals surface area contributed by atoms with Crippen molar-refractivity contribution in [1.82, 2.24) is 0 Å². The Kier molecular flexibility index (Phi) is 5.30. The first kappa shape index (κ1) is 21.6. The Morgan fingerprint density at radius 2 is 0.811 bits per heavy atom. The molecule has 0 N–H and O–H groups in total. The van der Waals surface area contributed by atoms with E-state index in [1.165, 1.54) is 66.8 Å². The molecule has 0 fully saturated rings. The molecule has 0 amide bonds. The summed E-state index contributed by atoms with van der Waals surface area (Å²) in [6.07, 6.45) is 0.897. The molecule has 0 aliphatic heterocycles. The van der Waals surface area contributed by atoms with E-state index >= 15 is 0 Å². The highest BCUT2D eigenvalue weighted by molar-refractivity contribution is 5.94. The zero-order valence-corrected chi connectivity index (χ0v) is 20.5. The van der Waals surface area contributed by atoms with Crippen molar-refractivity contribution in [2.24, 2.45) is 0 Å². The standard InChI is InChI=1S/C37H25/c1-5-13-26(14-6-1)32-22-30-21-31-23-33(27-15-7-2-8-16-27)35(29-19-11-4-12-20-29)25-37(31)36(30)24-34(32)28-17-9-3-10-18-28/h1-20,22,24-25H,21H2. The third kappa shape index (κ3) is 3.88. The van der Waals surface area contributed by atoms with Crippen LogP contribution in [0.15, 0.2) is 140 Å². The van der Waals surface area contributed by atoms with Crippen LogP contribution in [0, 0.1) is 6.07 Å². The van der Waals surface area contributed by atoms with E-state index in [1.54, 1.807) is 0 Å². The maximum atomic E-state index is 3.87. The largest absolute Gasteiger partial charge is 0.0622 e. The average molecular weight is 470 g/mol. The van der Waals surface area contributed by atoms with E-state index < -0.39 is 0 Å². The Morgan fingerprint density at radius 3 is 1.35 bits per heavy atom. The molecule has 0 saturated heterocycles. The van der Waals surface area contributed by atoms with E-state index in [2.05, 4.69) is 146 Å². The molecule has 173 valence electrons. The summed E-state index contributed by atoms with van der Waals surface area (Å²) in [7, 11) is 0. The van der Waals surface area contributed by atoms with Crippen molar-refractivity contribution < 1.29 is 0 Å². The lowest BCUT2D eigenvalue weighted by Crippen LogP contribution is -1.90. The van der Waals surface area contributed by atoms with Crippen molar-refractivity contribution in [1.29, 1.82) is 0 Å². The van der Waals surface area contributed by atoms with Gasteiger partial charge in [0.2, 0.25) is 0 Å². The van der Waals surface area contributed by atoms with Crippen LogP contribution >= 0.6 is 0 Å². The van der Waals surface area contributed by atoms with Gasteiger partial charge in [-0.3, -0.25) is 0 Å². The summed E-state index contributed by atoms with van der Waals surface area (Å²) in [4.78, 5) is 0. The SMILES string of the molecule is [c]1c2c(cc(-c3ccccc3)c1-c1ccccc1)-c1cc(-c3ccccc3)c(-c3ccccc3)cc1C2. The maximum absolute atomic E-state index is 3.87. The number of benzene rings is 6. The summed E-state index contributed by atoms with van der Waals surface area (Å²) in [5, 5.41) is 0. The van der Waals surface area contributed by atoms with Gasteiger partial charge in [-0.25, -0.2) is 0 Å². The maximum Gasteiger partial charge on any atom is -0.000682 e. The summed E-state index contributed by atoms with van der Waals surface area (Å²) in [5.41, 5.74) is 15.1. The number of hydrogen-bond acceptors (Lipinski definition) is 0. The van der Waals surface area contributed by atoms with Crippen molar-refractivity contribution in [3.8, 4) is 55.6 Å². The van der Waals surface area contributed by atoms with E-state index in [4.69, 9.17) is 0 Å². The van der Waals surface area contributed by atoms with Crippen LogP contribution in [-0.2, 0) is 6.42 Å². The molecule has 0 heterocycles. The van der Waals surface area contributed by atoms with Gasteiger partial charge in [0.05, 0.1) is 0 Å². The molecule has 1 aliphatic carbocycles. The Labute approximate surface area is 218 Å². The molecule has 1 aliphatic rings. The molecular formula is C37H25. The monoisotopic (exact) mass is 469 g/mol. The molecule has 7 rings (SSSR count). The Hall–Kier alpha value is -4.68. The number of fused-ring (bicyclic) bond motifs is 3. The molecule has 37 heavy (non-hydrogen) atoms. The van der Waals surface area contributed by atoms with Gasteiger partial charge in [-0.1, -0.05) is 121 Å². The van der Waals surface area contributed by atoms with Crippen LogP contribution in [0.4, 0.5) is 0 Å². The lowest BCUT2D eigenvalue weighted by Gasteiger charge is -2.15. The molecule has 0 bridgehead atoms. The average Bonchev–Trinajstić information content (AvgIpc) is 3.34. The van der Waals surface area contributed by atoms with E-state index in [0.717, 1.165) is 6.42 Å². The predicted octanol–water partition coefficient (Wildman–Crippen LogP) is 9.73. The van der Waals surface area contributed by atoms with Crippen LogP contribution in [0.3, 0.4) is 0 Å². The minimum atomic E-state index is 0.897. The van der Waals surface area contributed by atoms with Crippen LogP contribution < -0.4 is 0 Å². The van der Waals surface area contributed by atoms with Gasteiger partial charge in [0.25, 0.3) is 0 Å². The Bertz CT molecular complexity index is 1570. The molecule has 0 saturated carbocycles. The number of hydrogen-bond donors (Lipinski definition) is 0. The normalized spacial score (nSPS) is 11.7. The van der Waals surface area contributed by atoms with E-state index in [1.807, 2.05) is 0 Å². The fourth-order valence-electron chi connectivity index (χ4n) is 5.59. The van der Waals surface area contributed by atoms with Crippen molar-refractivity contribution in [2.45, 2.75) is 6.42 Å². The van der Waals surface area contributed by atoms with Crippen LogP contribution in [0.25, 0.3) is 55.6 Å². The van der Waals surface area contributed by atoms with Gasteiger partial charge in [0.1, 0.15) is 0 Å². The van der Waals surface area contributed by atoms with Gasteiger partial charge in [-0.05, 0) is 97.4 Å². The van der Waals surface area contributed by atoms with E-state index in [-0.39, 0.29) is 0 Å². The highest BCUT2D eigenvalue weighted by Gasteiger charge is 2.24. The molecule has 0 unspecified atom stereocenters. The summed E-state index contributed by atoms with van der Waals surface area (Å²) >= 11 is 0. The minimum absolute atomic E-state index is 0.897. The van der Waals surface area contributed by atoms with Crippen LogP contribution in [0.2, 0.25) is 0 Å². The van der Waals surface area contributed by atoms with Gasteiger partial charge in [-0.15, -0.1) is 0 Å². The van der Waals surface area contributed by atoms with Gasteiger partial charge < -0.3 is 0 Å². The van der Waals surface area contributed by atoms with Gasteiger partial charge in [0, 0.05) is 0 Å². The third-order valence-electron chi connectivity index (χ3n) is 7.38. The van der Waals surface area contributed by atoms with E-state index in [0.29, 0.717) is 0 Å². The molecule has 0 atom stereocenters. The van der Waals surface area contributed by atoms with Gasteiger partial charge >= 0.3 is 0 Å². The first-order valence-corrected chi connectivity index (χ1v) is 12.8. The highest BCUT2D eigenvalue weighted by Crippen LogP contribution is 2.46. The quantitative estimate of drug-likeness (QED) is 0.241. The summed E-state index contributed by atoms with van der Waals surface area (Å²) in [6, 6.07) is 54.0. The molecule has 0 spiro atoms. The molecule has 6 aromatic carbocycles. The first-order chi connectivity index (χ1) is 18.3. The van der Waals surface area contributed by atoms with Crippen LogP contribution in [0.5, 0.6) is 0 Å². The summed E-state index contributed by atoms with van der Waals surface area (Å²) in [6.45, 7) is 0. The lowest BCUT2D eigenvalue weighted by atomic mass is 9.88. The predicted molar refractivity (Wildman–Crippen MR) is 155 cm³/mol. The zero-order valence-electron chi connectivity index (χ0n) is 20.5. The van der Waals surface area contributed by atoms with Crippen LogP contribution in [0.1, 0.15) is 11.1 Å². The van der Waals surface area contributed by atoms with Gasteiger partial charge in [-0.2, -0.15) is 0 Å². The second-order valence-corrected chi connectivity index (χ2v) is 9.65. The highest BCUT2D eigenvalue weighted by atomic mass is 14.3. The van der Waals surface area contributed by atoms with Gasteiger partial charge in [0.15, 0.2) is 0 Å². The summed E-state index contributed by atoms with van der Waals surface area (Å²) in [5.74, 6) is 0. The van der Waals surface area contributed by atoms with E-state index in [9.17, 15) is 0 Å². The number of rotatable bonds is 4. The third-order valence-corrected chi connectivity index (χ3v) is 7.38. The van der Waals surface area contributed by atoms with Crippen molar-refractivity contribution in [2.75, 3.05) is 0 Å². The Balaban J connectivity index is 1.47. The molecule has 0 nitrogen and oxygen atoms in total. The minimum Gasteiger partial charge on any atom is -0.0622 e. The topological polar surface area (TPSA) is 0 Å². The van der Waals surface area contributed by atoms with Crippen molar-refractivity contribution in [3.05, 3.63) is 157 Å². The molecular weight excluding hydrogens is 444 g/mol. The Morgan fingerprint density at radius 1 is 0.378 bits per heavy atom. The lowest BCUT2D eigenvalue weighted by molar-refractivity contribution is 1.26. The first-order valence-electron chi connectivity index (χ1n) is 12.8. The van der Waals surface area contributed by atoms with Crippen molar-refractivity contribution in [3.63, 3.8) is 0 Å². The molecule has 0 aromatic heterocycles. The molecule has 6 aromatic rings. The second kappa shape index (κ2) is 9.08. The summed E-state index contributed by atoms with van der Waals surface area (Å²) < 4.78 is 0. The smallest absolute Gasteiger partial charge is 0.000682 e. The molecule has 1 radical (unpaired) electrons. The van der Waals surface area contributed by atoms with Crippen molar-refractivity contribution >= 4 is 0 Å². The zero-order chi connectivity index (χ0) is 24.6. The van der Waals surface area contributed by atoms with Crippen LogP contribution in [-0.4, -0.2) is 0 Å². The fraction of sp³-hybridized carbons (Fsp3) is 0.0270. The molecule has 0 heteroatoms.